The molecule has 0 unspecified atom stereocenters. The molecule has 3 rings (SSSR count). The van der Waals surface area contributed by atoms with Gasteiger partial charge < -0.3 is 10.1 Å². The molecule has 1 atom stereocenters. The van der Waals surface area contributed by atoms with Crippen LogP contribution in [0.25, 0.3) is 0 Å². The smallest absolute Gasteiger partial charge is 0.325 e. The van der Waals surface area contributed by atoms with Crippen LogP contribution >= 0.6 is 11.3 Å². The van der Waals surface area contributed by atoms with Gasteiger partial charge in [0.1, 0.15) is 17.7 Å². The van der Waals surface area contributed by atoms with E-state index in [1.807, 2.05) is 37.3 Å². The summed E-state index contributed by atoms with van der Waals surface area (Å²) in [7, 11) is 0. The van der Waals surface area contributed by atoms with Gasteiger partial charge in [-0.1, -0.05) is 29.5 Å². The first-order valence-corrected chi connectivity index (χ1v) is 8.30. The van der Waals surface area contributed by atoms with Crippen LogP contribution in [0.3, 0.4) is 0 Å². The zero-order chi connectivity index (χ0) is 17.6. The molecular formula is C17H15FN4O2S. The minimum Gasteiger partial charge on any atom is -0.483 e. The van der Waals surface area contributed by atoms with E-state index in [1.54, 1.807) is 0 Å². The summed E-state index contributed by atoms with van der Waals surface area (Å²) >= 11 is 1.22. The van der Waals surface area contributed by atoms with Crippen LogP contribution in [0.5, 0.6) is 5.75 Å². The predicted molar refractivity (Wildman–Crippen MR) is 94.4 cm³/mol. The molecule has 0 fully saturated rings. The van der Waals surface area contributed by atoms with Crippen molar-refractivity contribution in [1.82, 2.24) is 10.2 Å². The van der Waals surface area contributed by atoms with Crippen molar-refractivity contribution in [1.29, 1.82) is 0 Å². The number of urea groups is 1. The molecule has 128 valence electrons. The number of ether oxygens (including phenoxy) is 1. The number of anilines is 2. The minimum absolute atomic E-state index is 0.296. The highest BCUT2D eigenvalue weighted by Crippen LogP contribution is 2.26. The Balaban J connectivity index is 1.57. The Hall–Kier alpha value is -3.00. The SMILES string of the molecule is C[C@H](Oc1ccccc1)c1nnc(NC(=O)Nc2ccc(F)cc2)s1. The average molecular weight is 358 g/mol. The van der Waals surface area contributed by atoms with Crippen molar-refractivity contribution in [3.63, 3.8) is 0 Å². The zero-order valence-corrected chi connectivity index (χ0v) is 14.1. The third-order valence-corrected chi connectivity index (χ3v) is 4.17. The first-order valence-electron chi connectivity index (χ1n) is 7.49. The maximum atomic E-state index is 12.8. The van der Waals surface area contributed by atoms with E-state index in [1.165, 1.54) is 35.6 Å². The number of benzene rings is 2. The predicted octanol–water partition coefficient (Wildman–Crippen LogP) is 4.46. The van der Waals surface area contributed by atoms with Crippen LogP contribution in [0, 0.1) is 5.82 Å². The van der Waals surface area contributed by atoms with Gasteiger partial charge in [-0.15, -0.1) is 10.2 Å². The Morgan fingerprint density at radius 1 is 1.08 bits per heavy atom. The molecule has 2 N–H and O–H groups in total. The summed E-state index contributed by atoms with van der Waals surface area (Å²) < 4.78 is 18.6. The first kappa shape index (κ1) is 16.8. The van der Waals surface area contributed by atoms with E-state index in [2.05, 4.69) is 20.8 Å². The molecule has 3 aromatic rings. The standard InChI is InChI=1S/C17H15FN4O2S/c1-11(24-14-5-3-2-4-6-14)15-21-22-17(25-15)20-16(23)19-13-9-7-12(18)8-10-13/h2-11H,1H3,(H2,19,20,22,23)/t11-/m0/s1. The van der Waals surface area contributed by atoms with Gasteiger partial charge in [-0.2, -0.15) is 0 Å². The zero-order valence-electron chi connectivity index (χ0n) is 13.3. The summed E-state index contributed by atoms with van der Waals surface area (Å²) in [5.41, 5.74) is 0.476. The molecule has 6 nitrogen and oxygen atoms in total. The molecule has 0 bridgehead atoms. The van der Waals surface area contributed by atoms with E-state index in [9.17, 15) is 9.18 Å². The van der Waals surface area contributed by atoms with E-state index < -0.39 is 6.03 Å². The number of aromatic nitrogens is 2. The van der Waals surface area contributed by atoms with Crippen LogP contribution in [0.4, 0.5) is 20.0 Å². The molecule has 2 aromatic carbocycles. The monoisotopic (exact) mass is 358 g/mol. The number of hydrogen-bond acceptors (Lipinski definition) is 5. The molecule has 0 saturated heterocycles. The largest absolute Gasteiger partial charge is 0.483 e. The first-order chi connectivity index (χ1) is 12.1. The van der Waals surface area contributed by atoms with Crippen molar-refractivity contribution in [3.8, 4) is 5.75 Å². The van der Waals surface area contributed by atoms with Gasteiger partial charge in [0.05, 0.1) is 0 Å². The van der Waals surface area contributed by atoms with E-state index in [4.69, 9.17) is 4.74 Å². The highest BCUT2D eigenvalue weighted by atomic mass is 32.1. The number of carbonyl (C=O) groups is 1. The average Bonchev–Trinajstić information content (AvgIpc) is 3.06. The Morgan fingerprint density at radius 2 is 1.80 bits per heavy atom. The van der Waals surface area contributed by atoms with Crippen molar-refractivity contribution >= 4 is 28.2 Å². The second-order valence-electron chi connectivity index (χ2n) is 5.10. The molecule has 1 heterocycles. The molecule has 2 amide bonds. The number of hydrogen-bond donors (Lipinski definition) is 2. The van der Waals surface area contributed by atoms with Gasteiger partial charge in [-0.3, -0.25) is 5.32 Å². The molecule has 0 spiro atoms. The molecule has 1 aromatic heterocycles. The number of halogens is 1. The maximum Gasteiger partial charge on any atom is 0.325 e. The molecule has 0 aliphatic heterocycles. The van der Waals surface area contributed by atoms with Crippen molar-refractivity contribution in [2.45, 2.75) is 13.0 Å². The Morgan fingerprint density at radius 3 is 2.52 bits per heavy atom. The molecule has 8 heteroatoms. The van der Waals surface area contributed by atoms with Gasteiger partial charge in [-0.05, 0) is 43.3 Å². The van der Waals surface area contributed by atoms with Gasteiger partial charge in [0.25, 0.3) is 0 Å². The Kier molecular flexibility index (Phi) is 5.20. The fourth-order valence-electron chi connectivity index (χ4n) is 2.00. The summed E-state index contributed by atoms with van der Waals surface area (Å²) in [5.74, 6) is 0.362. The molecule has 0 aliphatic carbocycles. The lowest BCUT2D eigenvalue weighted by Gasteiger charge is -2.11. The third-order valence-electron chi connectivity index (χ3n) is 3.17. The highest BCUT2D eigenvalue weighted by molar-refractivity contribution is 7.15. The van der Waals surface area contributed by atoms with E-state index in [0.29, 0.717) is 15.8 Å². The van der Waals surface area contributed by atoms with Gasteiger partial charge in [0.2, 0.25) is 5.13 Å². The molecule has 0 saturated carbocycles. The van der Waals surface area contributed by atoms with E-state index >= 15 is 0 Å². The maximum absolute atomic E-state index is 12.8. The van der Waals surface area contributed by atoms with Gasteiger partial charge in [0.15, 0.2) is 5.01 Å². The van der Waals surface area contributed by atoms with Crippen LogP contribution in [0.2, 0.25) is 0 Å². The molecule has 0 radical (unpaired) electrons. The lowest BCUT2D eigenvalue weighted by molar-refractivity contribution is 0.225. The number of amides is 2. The summed E-state index contributed by atoms with van der Waals surface area (Å²) in [5, 5.41) is 14.1. The topological polar surface area (TPSA) is 76.1 Å². The van der Waals surface area contributed by atoms with Crippen molar-refractivity contribution < 1.29 is 13.9 Å². The lowest BCUT2D eigenvalue weighted by atomic mass is 10.3. The van der Waals surface area contributed by atoms with Crippen LogP contribution in [0.1, 0.15) is 18.0 Å². The van der Waals surface area contributed by atoms with Gasteiger partial charge >= 0.3 is 6.03 Å². The Bertz CT molecular complexity index is 839. The summed E-state index contributed by atoms with van der Waals surface area (Å²) in [6.07, 6.45) is -0.296. The number of carbonyl (C=O) groups excluding carboxylic acids is 1. The second-order valence-corrected chi connectivity index (χ2v) is 6.11. The summed E-state index contributed by atoms with van der Waals surface area (Å²) in [4.78, 5) is 11.9. The van der Waals surface area contributed by atoms with E-state index in [-0.39, 0.29) is 11.9 Å². The number of nitrogens with one attached hydrogen (secondary N) is 2. The van der Waals surface area contributed by atoms with Crippen LogP contribution in [0.15, 0.2) is 54.6 Å². The third kappa shape index (κ3) is 4.74. The molecular weight excluding hydrogens is 343 g/mol. The Labute approximate surface area is 147 Å². The van der Waals surface area contributed by atoms with Crippen molar-refractivity contribution in [2.75, 3.05) is 10.6 Å². The number of para-hydroxylation sites is 1. The van der Waals surface area contributed by atoms with E-state index in [0.717, 1.165) is 5.75 Å². The normalized spacial score (nSPS) is 11.6. The minimum atomic E-state index is -0.481. The fraction of sp³-hybridized carbons (Fsp3) is 0.118. The highest BCUT2D eigenvalue weighted by Gasteiger charge is 2.15. The number of nitrogens with zero attached hydrogens (tertiary/aromatic N) is 2. The van der Waals surface area contributed by atoms with Gasteiger partial charge in [-0.25, -0.2) is 9.18 Å². The van der Waals surface area contributed by atoms with Crippen LogP contribution in [-0.2, 0) is 0 Å². The van der Waals surface area contributed by atoms with Crippen molar-refractivity contribution in [3.05, 3.63) is 65.4 Å². The summed E-state index contributed by atoms with van der Waals surface area (Å²) in [6.45, 7) is 1.86. The molecule has 25 heavy (non-hydrogen) atoms. The molecule has 0 aliphatic rings. The van der Waals surface area contributed by atoms with Crippen molar-refractivity contribution in [2.24, 2.45) is 0 Å². The lowest BCUT2D eigenvalue weighted by Crippen LogP contribution is -2.19. The van der Waals surface area contributed by atoms with Crippen LogP contribution < -0.4 is 15.4 Å². The van der Waals surface area contributed by atoms with Crippen LogP contribution in [-0.4, -0.2) is 16.2 Å². The van der Waals surface area contributed by atoms with Gasteiger partial charge in [0, 0.05) is 5.69 Å². The fourth-order valence-corrected chi connectivity index (χ4v) is 2.71. The number of rotatable bonds is 5. The second kappa shape index (κ2) is 7.71. The quantitative estimate of drug-likeness (QED) is 0.706. The summed E-state index contributed by atoms with van der Waals surface area (Å²) in [6, 6.07) is 14.4.